The van der Waals surface area contributed by atoms with Crippen molar-refractivity contribution in [3.05, 3.63) is 35.9 Å². The van der Waals surface area contributed by atoms with Gasteiger partial charge in [0, 0.05) is 12.5 Å². The Hall–Kier alpha value is -1.91. The van der Waals surface area contributed by atoms with Crippen molar-refractivity contribution in [2.45, 2.75) is 57.8 Å². The zero-order valence-electron chi connectivity index (χ0n) is 15.9. The van der Waals surface area contributed by atoms with E-state index in [4.69, 9.17) is 4.74 Å². The van der Waals surface area contributed by atoms with Crippen molar-refractivity contribution in [2.24, 2.45) is 24.8 Å². The first-order chi connectivity index (χ1) is 12.4. The molecule has 1 aromatic heterocycles. The van der Waals surface area contributed by atoms with E-state index in [-0.39, 0.29) is 11.2 Å². The Morgan fingerprint density at radius 3 is 2.58 bits per heavy atom. The van der Waals surface area contributed by atoms with Crippen LogP contribution < -0.4 is 4.74 Å². The molecule has 4 atom stereocenters. The average molecular weight is 357 g/mol. The minimum atomic E-state index is -0.275. The molecule has 2 aliphatic rings. The molecule has 0 N–H and O–H groups in total. The number of hydrogen-bond donors (Lipinski definition) is 0. The molecule has 2 fully saturated rings. The van der Waals surface area contributed by atoms with Gasteiger partial charge in [-0.05, 0) is 67.7 Å². The maximum Gasteiger partial charge on any atom is 0.322 e. The van der Waals surface area contributed by atoms with Gasteiger partial charge in [0.15, 0.2) is 0 Å². The van der Waals surface area contributed by atoms with E-state index >= 15 is 0 Å². The Kier molecular flexibility index (Phi) is 4.49. The highest BCUT2D eigenvalue weighted by atomic mass is 19.1. The second-order valence-corrected chi connectivity index (χ2v) is 8.78. The van der Waals surface area contributed by atoms with E-state index in [9.17, 15) is 4.39 Å². The number of ether oxygens (including phenoxy) is 1. The molecule has 1 aromatic carbocycles. The third-order valence-corrected chi connectivity index (χ3v) is 6.35. The van der Waals surface area contributed by atoms with E-state index in [1.807, 2.05) is 11.6 Å². The van der Waals surface area contributed by atoms with Crippen LogP contribution in [0.1, 0.15) is 58.2 Å². The van der Waals surface area contributed by atoms with Crippen molar-refractivity contribution >= 4 is 0 Å². The molecule has 0 radical (unpaired) electrons. The van der Waals surface area contributed by atoms with Crippen molar-refractivity contribution in [3.8, 4) is 11.8 Å². The van der Waals surface area contributed by atoms with Crippen LogP contribution in [0, 0.1) is 23.6 Å². The molecule has 26 heavy (non-hydrogen) atoms. The van der Waals surface area contributed by atoms with E-state index in [2.05, 4.69) is 24.0 Å². The highest BCUT2D eigenvalue weighted by molar-refractivity contribution is 5.26. The summed E-state index contributed by atoms with van der Waals surface area (Å²) in [7, 11) is 1.97. The molecule has 2 aromatic rings. The summed E-state index contributed by atoms with van der Waals surface area (Å²) in [6.07, 6.45) is 7.76. The third kappa shape index (κ3) is 3.36. The van der Waals surface area contributed by atoms with Gasteiger partial charge in [-0.15, -0.1) is 5.10 Å². The van der Waals surface area contributed by atoms with Gasteiger partial charge in [0.05, 0.1) is 0 Å². The molecule has 1 heterocycles. The van der Waals surface area contributed by atoms with Crippen molar-refractivity contribution in [1.82, 2.24) is 14.8 Å². The molecule has 140 valence electrons. The van der Waals surface area contributed by atoms with Gasteiger partial charge in [-0.25, -0.2) is 4.39 Å². The average Bonchev–Trinajstić information content (AvgIpc) is 2.89. The number of benzene rings is 1. The smallest absolute Gasteiger partial charge is 0.322 e. The third-order valence-electron chi connectivity index (χ3n) is 6.35. The molecule has 0 saturated heterocycles. The molecule has 4 nitrogen and oxygen atoms in total. The van der Waals surface area contributed by atoms with Gasteiger partial charge < -0.3 is 4.74 Å². The van der Waals surface area contributed by atoms with Crippen LogP contribution in [0.15, 0.2) is 24.3 Å². The Balaban J connectivity index is 1.57. The number of rotatable bonds is 3. The lowest BCUT2D eigenvalue weighted by atomic mass is 9.65. The molecule has 4 rings (SSSR count). The molecule has 2 bridgehead atoms. The van der Waals surface area contributed by atoms with Crippen molar-refractivity contribution in [1.29, 1.82) is 0 Å². The molecule has 2 saturated carbocycles. The normalized spacial score (nSPS) is 31.5. The fraction of sp³-hybridized carbons (Fsp3) is 0.619. The van der Waals surface area contributed by atoms with Crippen LogP contribution in [0.25, 0.3) is 0 Å². The number of nitrogens with zero attached hydrogens (tertiary/aromatic N) is 3. The summed E-state index contributed by atoms with van der Waals surface area (Å²) in [6, 6.07) is 6.47. The Morgan fingerprint density at radius 1 is 1.08 bits per heavy atom. The maximum absolute atomic E-state index is 13.1. The molecule has 0 spiro atoms. The lowest BCUT2D eigenvalue weighted by Gasteiger charge is -2.40. The monoisotopic (exact) mass is 357 g/mol. The van der Waals surface area contributed by atoms with E-state index < -0.39 is 0 Å². The summed E-state index contributed by atoms with van der Waals surface area (Å²) in [5.41, 5.74) is 0.0454. The molecule has 0 aliphatic heterocycles. The molecular weight excluding hydrogens is 329 g/mol. The van der Waals surface area contributed by atoms with Gasteiger partial charge >= 0.3 is 6.01 Å². The zero-order valence-corrected chi connectivity index (χ0v) is 15.9. The number of fused-ring (bicyclic) bond motifs is 2. The Labute approximate surface area is 154 Å². The van der Waals surface area contributed by atoms with Gasteiger partial charge in [0.2, 0.25) is 0 Å². The fourth-order valence-electron chi connectivity index (χ4n) is 5.32. The minimum Gasteiger partial charge on any atom is -0.424 e. The lowest BCUT2D eigenvalue weighted by molar-refractivity contribution is 0.161. The summed E-state index contributed by atoms with van der Waals surface area (Å²) in [5, 5.41) is 8.80. The second-order valence-electron chi connectivity index (χ2n) is 8.78. The number of aromatic nitrogens is 3. The predicted octanol–water partition coefficient (Wildman–Crippen LogP) is 5.24. The van der Waals surface area contributed by atoms with Gasteiger partial charge in [-0.2, -0.15) is 0 Å². The van der Waals surface area contributed by atoms with Gasteiger partial charge in [0.1, 0.15) is 17.4 Å². The Bertz CT molecular complexity index is 770. The standard InChI is InChI=1S/C21H28FN3O/c1-14-4-5-15-11-16(10-14)13-21(2,12-15)19-23-24-20(25(19)3)26-18-8-6-17(22)7-9-18/h6-9,14-16H,4-5,10-13H2,1-3H3. The second kappa shape index (κ2) is 6.67. The van der Waals surface area contributed by atoms with E-state index in [1.54, 1.807) is 12.1 Å². The zero-order chi connectivity index (χ0) is 18.3. The highest BCUT2D eigenvalue weighted by Crippen LogP contribution is 2.49. The van der Waals surface area contributed by atoms with E-state index in [0.717, 1.165) is 23.6 Å². The molecule has 4 unspecified atom stereocenters. The number of hydrogen-bond acceptors (Lipinski definition) is 3. The van der Waals surface area contributed by atoms with Crippen LogP contribution in [-0.4, -0.2) is 14.8 Å². The van der Waals surface area contributed by atoms with Crippen LogP contribution in [0.5, 0.6) is 11.8 Å². The summed E-state index contributed by atoms with van der Waals surface area (Å²) in [6.45, 7) is 4.74. The largest absolute Gasteiger partial charge is 0.424 e. The predicted molar refractivity (Wildman–Crippen MR) is 98.7 cm³/mol. The summed E-state index contributed by atoms with van der Waals surface area (Å²) >= 11 is 0. The SMILES string of the molecule is CC1CCC2CC(C1)CC(C)(c1nnc(Oc3ccc(F)cc3)n1C)C2. The van der Waals surface area contributed by atoms with Crippen LogP contribution in [0.3, 0.4) is 0 Å². The fourth-order valence-corrected chi connectivity index (χ4v) is 5.32. The lowest BCUT2D eigenvalue weighted by Crippen LogP contribution is -2.36. The van der Waals surface area contributed by atoms with Crippen molar-refractivity contribution in [2.75, 3.05) is 0 Å². The first-order valence-corrected chi connectivity index (χ1v) is 9.76. The quantitative estimate of drug-likeness (QED) is 0.754. The van der Waals surface area contributed by atoms with E-state index in [1.165, 1.54) is 50.7 Å². The minimum absolute atomic E-state index is 0.0454. The highest BCUT2D eigenvalue weighted by Gasteiger charge is 2.43. The van der Waals surface area contributed by atoms with Crippen LogP contribution >= 0.6 is 0 Å². The number of halogens is 1. The topological polar surface area (TPSA) is 39.9 Å². The molecule has 0 amide bonds. The van der Waals surface area contributed by atoms with Gasteiger partial charge in [0.25, 0.3) is 0 Å². The van der Waals surface area contributed by atoms with E-state index in [0.29, 0.717) is 11.8 Å². The maximum atomic E-state index is 13.1. The summed E-state index contributed by atoms with van der Waals surface area (Å²) < 4.78 is 20.9. The first kappa shape index (κ1) is 17.5. The molecule has 2 aliphatic carbocycles. The first-order valence-electron chi connectivity index (χ1n) is 9.76. The molecular formula is C21H28FN3O. The van der Waals surface area contributed by atoms with Gasteiger partial charge in [-0.3, -0.25) is 4.57 Å². The van der Waals surface area contributed by atoms with Crippen molar-refractivity contribution in [3.63, 3.8) is 0 Å². The Morgan fingerprint density at radius 2 is 1.81 bits per heavy atom. The van der Waals surface area contributed by atoms with Crippen LogP contribution in [0.2, 0.25) is 0 Å². The van der Waals surface area contributed by atoms with Crippen molar-refractivity contribution < 1.29 is 9.13 Å². The summed E-state index contributed by atoms with van der Waals surface area (Å²) in [4.78, 5) is 0. The van der Waals surface area contributed by atoms with Crippen LogP contribution in [0.4, 0.5) is 4.39 Å². The van der Waals surface area contributed by atoms with Gasteiger partial charge in [-0.1, -0.05) is 31.8 Å². The molecule has 5 heteroatoms. The summed E-state index contributed by atoms with van der Waals surface area (Å²) in [5.74, 6) is 3.73. The van der Waals surface area contributed by atoms with Crippen LogP contribution in [-0.2, 0) is 12.5 Å².